The molecule has 1 fully saturated rings. The summed E-state index contributed by atoms with van der Waals surface area (Å²) in [5, 5.41) is 16.6. The zero-order chi connectivity index (χ0) is 23.6. The van der Waals surface area contributed by atoms with Crippen LogP contribution in [0.15, 0.2) is 73.2 Å². The highest BCUT2D eigenvalue weighted by molar-refractivity contribution is 5.65. The molecular weight excluding hydrogens is 438 g/mol. The van der Waals surface area contributed by atoms with Crippen molar-refractivity contribution in [3.8, 4) is 11.3 Å². The van der Waals surface area contributed by atoms with Gasteiger partial charge in [0.15, 0.2) is 11.5 Å². The number of nitrogens with one attached hydrogen (secondary N) is 1. The van der Waals surface area contributed by atoms with Crippen LogP contribution in [0.25, 0.3) is 16.9 Å². The predicted octanol–water partition coefficient (Wildman–Crippen LogP) is 4.24. The summed E-state index contributed by atoms with van der Waals surface area (Å²) in [6.45, 7) is 2.14. The van der Waals surface area contributed by atoms with Crippen LogP contribution in [0.3, 0.4) is 0 Å². The van der Waals surface area contributed by atoms with E-state index in [-0.39, 0.29) is 6.04 Å². The Bertz CT molecular complexity index is 1430. The second kappa shape index (κ2) is 9.27. The summed E-state index contributed by atoms with van der Waals surface area (Å²) in [5.74, 6) is 2.28. The van der Waals surface area contributed by atoms with Gasteiger partial charge in [-0.05, 0) is 49.7 Å². The van der Waals surface area contributed by atoms with Gasteiger partial charge in [-0.3, -0.25) is 14.0 Å². The van der Waals surface area contributed by atoms with Crippen molar-refractivity contribution < 1.29 is 0 Å². The van der Waals surface area contributed by atoms with Crippen molar-refractivity contribution in [3.05, 3.63) is 84.6 Å². The van der Waals surface area contributed by atoms with Crippen LogP contribution in [0.5, 0.6) is 0 Å². The topological polar surface area (TPSA) is 89.1 Å². The number of aromatic nitrogens is 7. The van der Waals surface area contributed by atoms with Crippen molar-refractivity contribution in [2.75, 3.05) is 18.4 Å². The molecular formula is C26H27N9. The van der Waals surface area contributed by atoms with Crippen molar-refractivity contribution in [2.45, 2.75) is 25.3 Å². The average molecular weight is 466 g/mol. The van der Waals surface area contributed by atoms with E-state index in [4.69, 9.17) is 4.98 Å². The number of fused-ring (bicyclic) bond motifs is 1. The van der Waals surface area contributed by atoms with E-state index in [0.29, 0.717) is 5.95 Å². The van der Waals surface area contributed by atoms with Gasteiger partial charge in [-0.15, -0.1) is 10.2 Å². The molecule has 1 aliphatic heterocycles. The van der Waals surface area contributed by atoms with Gasteiger partial charge in [-0.2, -0.15) is 5.10 Å². The molecule has 1 aromatic carbocycles. The molecule has 0 aliphatic carbocycles. The summed E-state index contributed by atoms with van der Waals surface area (Å²) >= 11 is 0. The quantitative estimate of drug-likeness (QED) is 0.401. The first-order chi connectivity index (χ1) is 17.3. The summed E-state index contributed by atoms with van der Waals surface area (Å²) in [6.07, 6.45) is 9.26. The lowest BCUT2D eigenvalue weighted by molar-refractivity contribution is 0.181. The van der Waals surface area contributed by atoms with Gasteiger partial charge in [0.1, 0.15) is 5.82 Å². The van der Waals surface area contributed by atoms with Gasteiger partial charge in [0.25, 0.3) is 0 Å². The third-order valence-corrected chi connectivity index (χ3v) is 6.56. The molecule has 1 aliphatic rings. The fourth-order valence-electron chi connectivity index (χ4n) is 4.78. The highest BCUT2D eigenvalue weighted by Gasteiger charge is 2.28. The Morgan fingerprint density at radius 2 is 1.77 bits per heavy atom. The number of benzene rings is 1. The van der Waals surface area contributed by atoms with Crippen LogP contribution >= 0.6 is 0 Å². The van der Waals surface area contributed by atoms with Crippen molar-refractivity contribution >= 4 is 17.4 Å². The number of piperidine rings is 1. The number of pyridine rings is 1. The van der Waals surface area contributed by atoms with Gasteiger partial charge in [0.2, 0.25) is 5.95 Å². The number of hydrogen-bond donors (Lipinski definition) is 1. The van der Waals surface area contributed by atoms with E-state index in [1.807, 2.05) is 25.2 Å². The SMILES string of the molecule is Cn1nccc1Nc1nccc(-c2ccn3c(C(c4ccccc4)N4CCCCC4)nnc3c2)n1. The number of likely N-dealkylation sites (tertiary alicyclic amines) is 1. The minimum absolute atomic E-state index is 0.0751. The number of hydrogen-bond acceptors (Lipinski definition) is 7. The summed E-state index contributed by atoms with van der Waals surface area (Å²) in [5.41, 5.74) is 3.82. The summed E-state index contributed by atoms with van der Waals surface area (Å²) in [7, 11) is 1.87. The largest absolute Gasteiger partial charge is 0.309 e. The van der Waals surface area contributed by atoms with Crippen LogP contribution in [-0.2, 0) is 7.05 Å². The molecule has 1 unspecified atom stereocenters. The average Bonchev–Trinajstić information content (AvgIpc) is 3.51. The maximum Gasteiger partial charge on any atom is 0.228 e. The van der Waals surface area contributed by atoms with Crippen LogP contribution in [-0.4, -0.2) is 52.3 Å². The molecule has 0 bridgehead atoms. The number of nitrogens with zero attached hydrogens (tertiary/aromatic N) is 8. The number of rotatable bonds is 6. The maximum absolute atomic E-state index is 4.70. The third-order valence-electron chi connectivity index (χ3n) is 6.56. The molecule has 6 rings (SSSR count). The molecule has 1 atom stereocenters. The van der Waals surface area contributed by atoms with E-state index in [9.17, 15) is 0 Å². The van der Waals surface area contributed by atoms with Gasteiger partial charge in [-0.1, -0.05) is 36.8 Å². The molecule has 0 saturated carbocycles. The van der Waals surface area contributed by atoms with E-state index in [1.54, 1.807) is 17.1 Å². The van der Waals surface area contributed by atoms with Gasteiger partial charge in [0, 0.05) is 31.1 Å². The van der Waals surface area contributed by atoms with E-state index >= 15 is 0 Å². The Kier molecular flexibility index (Phi) is 5.67. The lowest BCUT2D eigenvalue weighted by Gasteiger charge is -2.33. The molecule has 9 nitrogen and oxygen atoms in total. The highest BCUT2D eigenvalue weighted by atomic mass is 15.3. The number of aryl methyl sites for hydroxylation is 1. The Balaban J connectivity index is 1.34. The van der Waals surface area contributed by atoms with Crippen LogP contribution in [0.2, 0.25) is 0 Å². The first-order valence-corrected chi connectivity index (χ1v) is 12.0. The van der Waals surface area contributed by atoms with Crippen molar-refractivity contribution in [2.24, 2.45) is 7.05 Å². The monoisotopic (exact) mass is 465 g/mol. The molecule has 5 aromatic rings. The molecule has 0 radical (unpaired) electrons. The zero-order valence-corrected chi connectivity index (χ0v) is 19.6. The van der Waals surface area contributed by atoms with E-state index < -0.39 is 0 Å². The minimum Gasteiger partial charge on any atom is -0.309 e. The predicted molar refractivity (Wildman–Crippen MR) is 134 cm³/mol. The molecule has 4 aromatic heterocycles. The number of anilines is 2. The fourth-order valence-corrected chi connectivity index (χ4v) is 4.78. The normalized spacial score (nSPS) is 15.3. The third kappa shape index (κ3) is 4.26. The second-order valence-electron chi connectivity index (χ2n) is 8.84. The van der Waals surface area contributed by atoms with Gasteiger partial charge in [-0.25, -0.2) is 9.97 Å². The molecule has 1 N–H and O–H groups in total. The van der Waals surface area contributed by atoms with Gasteiger partial charge in [0.05, 0.1) is 17.9 Å². The van der Waals surface area contributed by atoms with E-state index in [1.165, 1.54) is 24.8 Å². The van der Waals surface area contributed by atoms with Crippen molar-refractivity contribution in [1.29, 1.82) is 0 Å². The molecule has 1 saturated heterocycles. The Hall–Kier alpha value is -4.11. The highest BCUT2D eigenvalue weighted by Crippen LogP contribution is 2.31. The molecule has 35 heavy (non-hydrogen) atoms. The second-order valence-corrected chi connectivity index (χ2v) is 8.84. The van der Waals surface area contributed by atoms with Crippen molar-refractivity contribution in [1.82, 2.24) is 39.2 Å². The minimum atomic E-state index is 0.0751. The van der Waals surface area contributed by atoms with Gasteiger partial charge < -0.3 is 5.32 Å². The van der Waals surface area contributed by atoms with E-state index in [0.717, 1.165) is 41.6 Å². The van der Waals surface area contributed by atoms with Crippen LogP contribution in [0, 0.1) is 0 Å². The molecule has 0 spiro atoms. The molecule has 176 valence electrons. The molecule has 5 heterocycles. The Morgan fingerprint density at radius 1 is 0.914 bits per heavy atom. The van der Waals surface area contributed by atoms with E-state index in [2.05, 4.69) is 77.5 Å². The van der Waals surface area contributed by atoms with Crippen LogP contribution in [0.1, 0.15) is 36.7 Å². The maximum atomic E-state index is 4.70. The smallest absolute Gasteiger partial charge is 0.228 e. The lowest BCUT2D eigenvalue weighted by Crippen LogP contribution is -2.35. The first kappa shape index (κ1) is 21.4. The van der Waals surface area contributed by atoms with Gasteiger partial charge >= 0.3 is 0 Å². The summed E-state index contributed by atoms with van der Waals surface area (Å²) in [6, 6.07) is 18.6. The Labute approximate surface area is 203 Å². The Morgan fingerprint density at radius 3 is 2.57 bits per heavy atom. The molecule has 9 heteroatoms. The fraction of sp³-hybridized carbons (Fsp3) is 0.269. The van der Waals surface area contributed by atoms with Crippen LogP contribution < -0.4 is 5.32 Å². The summed E-state index contributed by atoms with van der Waals surface area (Å²) in [4.78, 5) is 11.6. The molecule has 0 amide bonds. The van der Waals surface area contributed by atoms with Crippen LogP contribution in [0.4, 0.5) is 11.8 Å². The summed E-state index contributed by atoms with van der Waals surface area (Å²) < 4.78 is 3.84. The van der Waals surface area contributed by atoms with Crippen molar-refractivity contribution in [3.63, 3.8) is 0 Å². The zero-order valence-electron chi connectivity index (χ0n) is 19.6. The standard InChI is InChI=1S/C26H27N9/c1-33-22(11-14-28-33)30-26-27-13-10-21(29-26)20-12-17-35-23(18-20)31-32-25(35)24(19-8-4-2-5-9-19)34-15-6-3-7-16-34/h2,4-5,8-14,17-18,24H,3,6-7,15-16H2,1H3,(H,27,29,30). The first-order valence-electron chi connectivity index (χ1n) is 12.0. The lowest BCUT2D eigenvalue weighted by atomic mass is 10.0.